The molecule has 1 rings (SSSR count). The van der Waals surface area contributed by atoms with Crippen LogP contribution in [0.4, 0.5) is 0 Å². The Bertz CT molecular complexity index is 160. The summed E-state index contributed by atoms with van der Waals surface area (Å²) in [5.74, 6) is 0. The van der Waals surface area contributed by atoms with Crippen LogP contribution >= 0.6 is 11.3 Å². The molecule has 0 saturated heterocycles. The Balaban J connectivity index is 2.15. The van der Waals surface area contributed by atoms with E-state index in [1.54, 1.807) is 11.3 Å². The highest BCUT2D eigenvalue weighted by molar-refractivity contribution is 7.09. The van der Waals surface area contributed by atoms with E-state index in [1.165, 1.54) is 11.3 Å². The molecular weight excluding hydrogens is 144 g/mol. The first-order valence-electron chi connectivity index (χ1n) is 3.51. The number of aromatic nitrogens is 1. The summed E-state index contributed by atoms with van der Waals surface area (Å²) in [7, 11) is 0. The molecule has 0 amide bonds. The van der Waals surface area contributed by atoms with Gasteiger partial charge in [0.25, 0.3) is 0 Å². The molecule has 0 aliphatic heterocycles. The zero-order valence-electron chi connectivity index (χ0n) is 5.92. The maximum atomic E-state index is 5.36. The Morgan fingerprint density at radius 3 is 3.00 bits per heavy atom. The van der Waals surface area contributed by atoms with Gasteiger partial charge in [0.1, 0.15) is 0 Å². The number of nitrogens with two attached hydrogens (primary N) is 1. The minimum absolute atomic E-state index is 0.804. The van der Waals surface area contributed by atoms with Crippen molar-refractivity contribution in [3.63, 3.8) is 0 Å². The number of hydrogen-bond donors (Lipinski definition) is 1. The van der Waals surface area contributed by atoms with Gasteiger partial charge >= 0.3 is 0 Å². The van der Waals surface area contributed by atoms with E-state index in [-0.39, 0.29) is 0 Å². The van der Waals surface area contributed by atoms with Crippen molar-refractivity contribution in [1.29, 1.82) is 0 Å². The molecular formula is C7H12N2S. The lowest BCUT2D eigenvalue weighted by atomic mass is 10.2. The SMILES string of the molecule is NCCCCc1cncs1. The normalized spacial score (nSPS) is 10.1. The lowest BCUT2D eigenvalue weighted by Crippen LogP contribution is -1.98. The van der Waals surface area contributed by atoms with Crippen LogP contribution in [0.25, 0.3) is 0 Å². The van der Waals surface area contributed by atoms with Gasteiger partial charge in [0.2, 0.25) is 0 Å². The predicted molar refractivity (Wildman–Crippen MR) is 44.1 cm³/mol. The molecule has 3 heteroatoms. The average Bonchev–Trinajstić information content (AvgIpc) is 2.41. The summed E-state index contributed by atoms with van der Waals surface area (Å²) in [6, 6.07) is 0. The van der Waals surface area contributed by atoms with Gasteiger partial charge in [-0.1, -0.05) is 0 Å². The molecule has 1 aromatic heterocycles. The van der Waals surface area contributed by atoms with Crippen LogP contribution < -0.4 is 5.73 Å². The minimum Gasteiger partial charge on any atom is -0.330 e. The summed E-state index contributed by atoms with van der Waals surface area (Å²) < 4.78 is 0. The standard InChI is InChI=1S/C7H12N2S/c8-4-2-1-3-7-5-9-6-10-7/h5-6H,1-4,8H2. The van der Waals surface area contributed by atoms with Crippen molar-refractivity contribution in [2.75, 3.05) is 6.54 Å². The number of thiazole rings is 1. The van der Waals surface area contributed by atoms with Gasteiger partial charge in [0.05, 0.1) is 5.51 Å². The van der Waals surface area contributed by atoms with Crippen LogP contribution in [0.1, 0.15) is 17.7 Å². The summed E-state index contributed by atoms with van der Waals surface area (Å²) in [6.07, 6.45) is 5.39. The van der Waals surface area contributed by atoms with Crippen LogP contribution in [0.5, 0.6) is 0 Å². The molecule has 2 N–H and O–H groups in total. The van der Waals surface area contributed by atoms with Crippen LogP contribution in [0.3, 0.4) is 0 Å². The third-order valence-electron chi connectivity index (χ3n) is 1.36. The predicted octanol–water partition coefficient (Wildman–Crippen LogP) is 1.42. The van der Waals surface area contributed by atoms with Crippen molar-refractivity contribution in [2.24, 2.45) is 5.73 Å². The van der Waals surface area contributed by atoms with E-state index < -0.39 is 0 Å². The lowest BCUT2D eigenvalue weighted by molar-refractivity contribution is 0.750. The zero-order valence-corrected chi connectivity index (χ0v) is 6.73. The topological polar surface area (TPSA) is 38.9 Å². The Labute approximate surface area is 65.1 Å². The summed E-state index contributed by atoms with van der Waals surface area (Å²) in [4.78, 5) is 5.36. The molecule has 10 heavy (non-hydrogen) atoms. The fraction of sp³-hybridized carbons (Fsp3) is 0.571. The summed E-state index contributed by atoms with van der Waals surface area (Å²) in [5, 5.41) is 0. The van der Waals surface area contributed by atoms with Gasteiger partial charge < -0.3 is 5.73 Å². The van der Waals surface area contributed by atoms with Crippen LogP contribution in [0, 0.1) is 0 Å². The highest BCUT2D eigenvalue weighted by atomic mass is 32.1. The number of unbranched alkanes of at least 4 members (excludes halogenated alkanes) is 1. The second kappa shape index (κ2) is 4.41. The Morgan fingerprint density at radius 2 is 2.40 bits per heavy atom. The number of aryl methyl sites for hydroxylation is 1. The molecule has 1 aromatic rings. The summed E-state index contributed by atoms with van der Waals surface area (Å²) in [6.45, 7) is 0.804. The van der Waals surface area contributed by atoms with Crippen molar-refractivity contribution in [3.05, 3.63) is 16.6 Å². The van der Waals surface area contributed by atoms with Crippen LogP contribution in [-0.2, 0) is 6.42 Å². The molecule has 0 aliphatic rings. The zero-order chi connectivity index (χ0) is 7.23. The molecule has 2 nitrogen and oxygen atoms in total. The number of nitrogens with zero attached hydrogens (tertiary/aromatic N) is 1. The Morgan fingerprint density at radius 1 is 1.50 bits per heavy atom. The molecule has 0 fully saturated rings. The molecule has 0 atom stereocenters. The van der Waals surface area contributed by atoms with Gasteiger partial charge in [0, 0.05) is 11.1 Å². The monoisotopic (exact) mass is 156 g/mol. The van der Waals surface area contributed by atoms with E-state index in [0.29, 0.717) is 0 Å². The first kappa shape index (κ1) is 7.69. The maximum absolute atomic E-state index is 5.36. The van der Waals surface area contributed by atoms with Gasteiger partial charge in [-0.05, 0) is 25.8 Å². The van der Waals surface area contributed by atoms with Crippen molar-refractivity contribution >= 4 is 11.3 Å². The average molecular weight is 156 g/mol. The van der Waals surface area contributed by atoms with E-state index in [9.17, 15) is 0 Å². The first-order valence-corrected chi connectivity index (χ1v) is 4.39. The number of rotatable bonds is 4. The van der Waals surface area contributed by atoms with E-state index in [2.05, 4.69) is 4.98 Å². The van der Waals surface area contributed by atoms with E-state index in [0.717, 1.165) is 19.4 Å². The lowest BCUT2D eigenvalue weighted by Gasteiger charge is -1.92. The Kier molecular flexibility index (Phi) is 3.40. The van der Waals surface area contributed by atoms with Gasteiger partial charge in [-0.3, -0.25) is 4.98 Å². The first-order chi connectivity index (χ1) is 4.93. The van der Waals surface area contributed by atoms with Gasteiger partial charge in [0.15, 0.2) is 0 Å². The fourth-order valence-electron chi connectivity index (χ4n) is 0.809. The highest BCUT2D eigenvalue weighted by Gasteiger charge is 1.92. The fourth-order valence-corrected chi connectivity index (χ4v) is 1.45. The quantitative estimate of drug-likeness (QED) is 0.670. The summed E-state index contributed by atoms with van der Waals surface area (Å²) >= 11 is 1.72. The van der Waals surface area contributed by atoms with Crippen molar-refractivity contribution in [2.45, 2.75) is 19.3 Å². The molecule has 0 saturated carbocycles. The van der Waals surface area contributed by atoms with Gasteiger partial charge in [-0.15, -0.1) is 11.3 Å². The third kappa shape index (κ3) is 2.45. The highest BCUT2D eigenvalue weighted by Crippen LogP contribution is 2.08. The second-order valence-electron chi connectivity index (χ2n) is 2.21. The number of hydrogen-bond acceptors (Lipinski definition) is 3. The van der Waals surface area contributed by atoms with Crippen LogP contribution in [0.2, 0.25) is 0 Å². The van der Waals surface area contributed by atoms with Crippen molar-refractivity contribution < 1.29 is 0 Å². The van der Waals surface area contributed by atoms with Crippen molar-refractivity contribution in [3.8, 4) is 0 Å². The molecule has 1 heterocycles. The molecule has 0 radical (unpaired) electrons. The van der Waals surface area contributed by atoms with Crippen LogP contribution in [-0.4, -0.2) is 11.5 Å². The molecule has 56 valence electrons. The molecule has 0 unspecified atom stereocenters. The van der Waals surface area contributed by atoms with E-state index in [4.69, 9.17) is 5.73 Å². The minimum atomic E-state index is 0.804. The smallest absolute Gasteiger partial charge is 0.0794 e. The van der Waals surface area contributed by atoms with Gasteiger partial charge in [-0.2, -0.15) is 0 Å². The summed E-state index contributed by atoms with van der Waals surface area (Å²) in [5.41, 5.74) is 7.23. The maximum Gasteiger partial charge on any atom is 0.0794 e. The Hall–Kier alpha value is -0.410. The molecule has 0 spiro atoms. The van der Waals surface area contributed by atoms with Gasteiger partial charge in [-0.25, -0.2) is 0 Å². The molecule has 0 aliphatic carbocycles. The van der Waals surface area contributed by atoms with E-state index in [1.807, 2.05) is 11.7 Å². The van der Waals surface area contributed by atoms with Crippen LogP contribution in [0.15, 0.2) is 11.7 Å². The second-order valence-corrected chi connectivity index (χ2v) is 3.18. The molecule has 0 bridgehead atoms. The van der Waals surface area contributed by atoms with Crippen molar-refractivity contribution in [1.82, 2.24) is 4.98 Å². The largest absolute Gasteiger partial charge is 0.330 e. The third-order valence-corrected chi connectivity index (χ3v) is 2.20. The molecule has 0 aromatic carbocycles. The van der Waals surface area contributed by atoms with E-state index >= 15 is 0 Å².